The standard InChI is InChI=1S/C30H33N7O4/c1-6-16-40-19(3)24-17-22(41-25-14-15-35(4)34-25)12-13-23(24)26-27-29(31-7-2)32-18-33-30(27)36(5)28(26)20-8-10-21(11-9-20)37(38)39/h8-15,17-19H,6-7,16H2,1-5H3,(H,31,32,33). The number of hydrogen-bond donors (Lipinski definition) is 1. The van der Waals surface area contributed by atoms with Gasteiger partial charge in [-0.1, -0.05) is 13.0 Å². The first-order valence-electron chi connectivity index (χ1n) is 13.6. The largest absolute Gasteiger partial charge is 0.438 e. The summed E-state index contributed by atoms with van der Waals surface area (Å²) in [6, 6.07) is 14.3. The Morgan fingerprint density at radius 2 is 1.85 bits per heavy atom. The molecule has 0 saturated heterocycles. The highest BCUT2D eigenvalue weighted by molar-refractivity contribution is 6.08. The molecule has 0 radical (unpaired) electrons. The lowest BCUT2D eigenvalue weighted by Crippen LogP contribution is -2.05. The number of aromatic nitrogens is 5. The van der Waals surface area contributed by atoms with Crippen molar-refractivity contribution in [2.75, 3.05) is 18.5 Å². The lowest BCUT2D eigenvalue weighted by Gasteiger charge is -2.20. The molecule has 0 bridgehead atoms. The Bertz CT molecular complexity index is 1690. The van der Waals surface area contributed by atoms with Crippen LogP contribution in [0.25, 0.3) is 33.4 Å². The molecule has 11 heteroatoms. The minimum absolute atomic E-state index is 0.0282. The van der Waals surface area contributed by atoms with Gasteiger partial charge in [0.1, 0.15) is 23.5 Å². The zero-order chi connectivity index (χ0) is 29.1. The van der Waals surface area contributed by atoms with Gasteiger partial charge in [-0.2, -0.15) is 0 Å². The third-order valence-electron chi connectivity index (χ3n) is 6.88. The van der Waals surface area contributed by atoms with Crippen molar-refractivity contribution in [3.05, 3.63) is 76.7 Å². The molecule has 0 fully saturated rings. The van der Waals surface area contributed by atoms with E-state index < -0.39 is 4.92 Å². The van der Waals surface area contributed by atoms with Crippen LogP contribution in [-0.4, -0.2) is 42.4 Å². The van der Waals surface area contributed by atoms with Gasteiger partial charge in [-0.3, -0.25) is 14.8 Å². The molecule has 2 aromatic carbocycles. The normalized spacial score (nSPS) is 12.0. The summed E-state index contributed by atoms with van der Waals surface area (Å²) >= 11 is 0. The molecular formula is C30H33N7O4. The highest BCUT2D eigenvalue weighted by Gasteiger charge is 2.26. The zero-order valence-corrected chi connectivity index (χ0v) is 23.8. The molecule has 212 valence electrons. The molecule has 1 atom stereocenters. The molecule has 0 saturated carbocycles. The molecule has 1 unspecified atom stereocenters. The van der Waals surface area contributed by atoms with Crippen LogP contribution in [0.4, 0.5) is 11.5 Å². The second kappa shape index (κ2) is 11.8. The molecule has 0 spiro atoms. The molecule has 3 heterocycles. The maximum Gasteiger partial charge on any atom is 0.269 e. The number of anilines is 1. The summed E-state index contributed by atoms with van der Waals surface area (Å²) in [6.07, 6.45) is 3.99. The first-order chi connectivity index (χ1) is 19.8. The first kappa shape index (κ1) is 27.8. The molecule has 0 aliphatic rings. The van der Waals surface area contributed by atoms with Crippen molar-refractivity contribution in [3.8, 4) is 34.0 Å². The van der Waals surface area contributed by atoms with Crippen molar-refractivity contribution in [3.63, 3.8) is 0 Å². The fourth-order valence-electron chi connectivity index (χ4n) is 5.02. The molecule has 0 aliphatic carbocycles. The molecular weight excluding hydrogens is 522 g/mol. The number of nitrogens with one attached hydrogen (secondary N) is 1. The van der Waals surface area contributed by atoms with E-state index in [-0.39, 0.29) is 11.8 Å². The van der Waals surface area contributed by atoms with Crippen molar-refractivity contribution < 1.29 is 14.4 Å². The monoisotopic (exact) mass is 555 g/mol. The third-order valence-corrected chi connectivity index (χ3v) is 6.88. The predicted molar refractivity (Wildman–Crippen MR) is 158 cm³/mol. The maximum absolute atomic E-state index is 11.4. The molecule has 11 nitrogen and oxygen atoms in total. The van der Waals surface area contributed by atoms with Crippen molar-refractivity contribution >= 4 is 22.5 Å². The second-order valence-electron chi connectivity index (χ2n) is 9.73. The number of fused-ring (bicyclic) bond motifs is 1. The number of non-ortho nitro benzene ring substituents is 1. The van der Waals surface area contributed by atoms with E-state index in [4.69, 9.17) is 9.47 Å². The van der Waals surface area contributed by atoms with Crippen LogP contribution in [0.2, 0.25) is 0 Å². The summed E-state index contributed by atoms with van der Waals surface area (Å²) in [5.41, 5.74) is 5.19. The van der Waals surface area contributed by atoms with Crippen LogP contribution in [-0.2, 0) is 18.8 Å². The number of ether oxygens (including phenoxy) is 2. The summed E-state index contributed by atoms with van der Waals surface area (Å²) in [7, 11) is 3.78. The van der Waals surface area contributed by atoms with Crippen LogP contribution in [0, 0.1) is 10.1 Å². The minimum atomic E-state index is -0.397. The average molecular weight is 556 g/mol. The Morgan fingerprint density at radius 3 is 2.51 bits per heavy atom. The van der Waals surface area contributed by atoms with Gasteiger partial charge in [0.15, 0.2) is 0 Å². The van der Waals surface area contributed by atoms with Gasteiger partial charge in [-0.15, -0.1) is 5.10 Å². The van der Waals surface area contributed by atoms with Crippen molar-refractivity contribution in [1.82, 2.24) is 24.3 Å². The van der Waals surface area contributed by atoms with Crippen LogP contribution < -0.4 is 10.1 Å². The van der Waals surface area contributed by atoms with Gasteiger partial charge in [0.05, 0.1) is 22.1 Å². The van der Waals surface area contributed by atoms with E-state index in [1.165, 1.54) is 12.1 Å². The molecule has 1 N–H and O–H groups in total. The lowest BCUT2D eigenvalue weighted by atomic mass is 9.92. The fraction of sp³-hybridized carbons (Fsp3) is 0.300. The molecule has 5 aromatic rings. The van der Waals surface area contributed by atoms with Gasteiger partial charge in [-0.25, -0.2) is 9.97 Å². The Morgan fingerprint density at radius 1 is 1.07 bits per heavy atom. The second-order valence-corrected chi connectivity index (χ2v) is 9.73. The summed E-state index contributed by atoms with van der Waals surface area (Å²) in [6.45, 7) is 7.39. The highest BCUT2D eigenvalue weighted by atomic mass is 16.6. The van der Waals surface area contributed by atoms with E-state index in [1.807, 2.05) is 63.0 Å². The minimum Gasteiger partial charge on any atom is -0.438 e. The molecule has 5 rings (SSSR count). The molecule has 0 aliphatic heterocycles. The number of nitro groups is 1. The van der Waals surface area contributed by atoms with Crippen LogP contribution in [0.5, 0.6) is 11.6 Å². The smallest absolute Gasteiger partial charge is 0.269 e. The fourth-order valence-corrected chi connectivity index (χ4v) is 5.02. The Kier molecular flexibility index (Phi) is 7.97. The van der Waals surface area contributed by atoms with Crippen molar-refractivity contribution in [1.29, 1.82) is 0 Å². The number of rotatable bonds is 11. The van der Waals surface area contributed by atoms with Gasteiger partial charge in [0.2, 0.25) is 5.88 Å². The zero-order valence-electron chi connectivity index (χ0n) is 23.8. The van der Waals surface area contributed by atoms with Gasteiger partial charge in [0, 0.05) is 57.2 Å². The van der Waals surface area contributed by atoms with Crippen molar-refractivity contribution in [2.24, 2.45) is 14.1 Å². The van der Waals surface area contributed by atoms with E-state index in [1.54, 1.807) is 23.1 Å². The number of benzene rings is 2. The lowest BCUT2D eigenvalue weighted by molar-refractivity contribution is -0.384. The van der Waals surface area contributed by atoms with Gasteiger partial charge in [-0.05, 0) is 61.2 Å². The predicted octanol–water partition coefficient (Wildman–Crippen LogP) is 6.66. The highest BCUT2D eigenvalue weighted by Crippen LogP contribution is 2.46. The van der Waals surface area contributed by atoms with E-state index in [2.05, 4.69) is 27.3 Å². The van der Waals surface area contributed by atoms with Gasteiger partial charge in [0.25, 0.3) is 5.69 Å². The first-order valence-corrected chi connectivity index (χ1v) is 13.6. The van der Waals surface area contributed by atoms with Gasteiger partial charge >= 0.3 is 0 Å². The van der Waals surface area contributed by atoms with E-state index in [0.29, 0.717) is 30.6 Å². The Labute approximate surface area is 237 Å². The Balaban J connectivity index is 1.78. The summed E-state index contributed by atoms with van der Waals surface area (Å²) in [4.78, 5) is 20.2. The average Bonchev–Trinajstić information content (AvgIpc) is 3.52. The SMILES string of the molecule is CCCOC(C)c1cc(Oc2ccn(C)n2)ccc1-c1c(-c2ccc([N+](=O)[O-])cc2)n(C)c2ncnc(NCC)c12. The van der Waals surface area contributed by atoms with Crippen LogP contribution in [0.15, 0.2) is 61.1 Å². The number of nitro benzene ring substituents is 1. The Hall–Kier alpha value is -4.77. The number of aryl methyl sites for hydroxylation is 2. The molecule has 0 amide bonds. The topological polar surface area (TPSA) is 122 Å². The van der Waals surface area contributed by atoms with E-state index in [0.717, 1.165) is 45.4 Å². The quantitative estimate of drug-likeness (QED) is 0.142. The summed E-state index contributed by atoms with van der Waals surface area (Å²) in [5, 5.41) is 20.0. The van der Waals surface area contributed by atoms with Crippen LogP contribution >= 0.6 is 0 Å². The third kappa shape index (κ3) is 5.48. The van der Waals surface area contributed by atoms with Gasteiger partial charge < -0.3 is 19.4 Å². The van der Waals surface area contributed by atoms with Crippen molar-refractivity contribution in [2.45, 2.75) is 33.3 Å². The summed E-state index contributed by atoms with van der Waals surface area (Å²) in [5.74, 6) is 1.83. The summed E-state index contributed by atoms with van der Waals surface area (Å²) < 4.78 is 16.0. The van der Waals surface area contributed by atoms with Crippen LogP contribution in [0.1, 0.15) is 38.9 Å². The molecule has 41 heavy (non-hydrogen) atoms. The molecule has 3 aromatic heterocycles. The maximum atomic E-state index is 11.4. The number of nitrogens with zero attached hydrogens (tertiary/aromatic N) is 6. The van der Waals surface area contributed by atoms with E-state index >= 15 is 0 Å². The van der Waals surface area contributed by atoms with E-state index in [9.17, 15) is 10.1 Å². The number of hydrogen-bond acceptors (Lipinski definition) is 8. The van der Waals surface area contributed by atoms with Crippen LogP contribution in [0.3, 0.4) is 0 Å².